The third kappa shape index (κ3) is 3.58. The molecule has 2 aromatic rings. The second kappa shape index (κ2) is 7.69. The second-order valence-corrected chi connectivity index (χ2v) is 8.17. The highest BCUT2D eigenvalue weighted by Gasteiger charge is 2.45. The first-order valence-electron chi connectivity index (χ1n) is 8.97. The molecule has 0 bridgehead atoms. The fourth-order valence-electron chi connectivity index (χ4n) is 3.46. The molecule has 6 nitrogen and oxygen atoms in total. The van der Waals surface area contributed by atoms with Crippen molar-refractivity contribution in [2.24, 2.45) is 13.0 Å². The lowest BCUT2D eigenvalue weighted by Crippen LogP contribution is -2.33. The first kappa shape index (κ1) is 21.1. The van der Waals surface area contributed by atoms with Crippen LogP contribution in [0.3, 0.4) is 0 Å². The van der Waals surface area contributed by atoms with Crippen LogP contribution >= 0.6 is 23.2 Å². The van der Waals surface area contributed by atoms with Crippen molar-refractivity contribution in [3.8, 4) is 0 Å². The van der Waals surface area contributed by atoms with Gasteiger partial charge in [-0.2, -0.15) is 0 Å². The molecule has 0 radical (unpaired) electrons. The Labute approximate surface area is 178 Å². The van der Waals surface area contributed by atoms with E-state index in [2.05, 4.69) is 0 Å². The monoisotopic (exact) mass is 434 g/mol. The lowest BCUT2D eigenvalue weighted by Gasteiger charge is -2.28. The number of amides is 1. The van der Waals surface area contributed by atoms with Crippen LogP contribution in [0.5, 0.6) is 0 Å². The van der Waals surface area contributed by atoms with Gasteiger partial charge in [-0.3, -0.25) is 19.3 Å². The average Bonchev–Trinajstić information content (AvgIpc) is 2.89. The van der Waals surface area contributed by atoms with Crippen molar-refractivity contribution in [1.82, 2.24) is 4.57 Å². The summed E-state index contributed by atoms with van der Waals surface area (Å²) in [5.41, 5.74) is 1.28. The maximum absolute atomic E-state index is 13.0. The van der Waals surface area contributed by atoms with Gasteiger partial charge < -0.3 is 9.67 Å². The number of carbonyl (C=O) groups is 2. The maximum atomic E-state index is 13.0. The van der Waals surface area contributed by atoms with Gasteiger partial charge in [-0.25, -0.2) is 0 Å². The molecule has 1 aromatic heterocycles. The number of rotatable bonds is 4. The van der Waals surface area contributed by atoms with Gasteiger partial charge in [-0.15, -0.1) is 0 Å². The summed E-state index contributed by atoms with van der Waals surface area (Å²) in [7, 11) is 1.51. The quantitative estimate of drug-likeness (QED) is 0.784. The summed E-state index contributed by atoms with van der Waals surface area (Å²) in [6, 6.07) is 5.59. The maximum Gasteiger partial charge on any atom is 0.294 e. The number of Topliss-reactive ketones (excluding diaryl/α,β-unsaturated/α-hetero) is 1. The zero-order valence-corrected chi connectivity index (χ0v) is 17.9. The summed E-state index contributed by atoms with van der Waals surface area (Å²) in [5, 5.41) is 11.1. The molecule has 29 heavy (non-hydrogen) atoms. The number of aliphatic hydroxyl groups is 1. The van der Waals surface area contributed by atoms with Crippen LogP contribution in [0.2, 0.25) is 10.0 Å². The number of aliphatic hydroxyl groups excluding tert-OH is 1. The Morgan fingerprint density at radius 2 is 1.83 bits per heavy atom. The Kier molecular flexibility index (Phi) is 5.61. The van der Waals surface area contributed by atoms with Crippen LogP contribution in [0, 0.1) is 12.8 Å². The van der Waals surface area contributed by atoms with E-state index in [-0.39, 0.29) is 16.4 Å². The molecule has 1 aliphatic heterocycles. The summed E-state index contributed by atoms with van der Waals surface area (Å²) in [4.78, 5) is 39.2. The van der Waals surface area contributed by atoms with Crippen molar-refractivity contribution in [3.63, 3.8) is 0 Å². The van der Waals surface area contributed by atoms with E-state index in [1.807, 2.05) is 6.92 Å². The summed E-state index contributed by atoms with van der Waals surface area (Å²) in [6.07, 6.45) is 1.44. The molecule has 1 unspecified atom stereocenters. The average molecular weight is 435 g/mol. The first-order valence-corrected chi connectivity index (χ1v) is 9.73. The molecule has 152 valence electrons. The molecule has 2 heterocycles. The van der Waals surface area contributed by atoms with Gasteiger partial charge in [0.1, 0.15) is 5.02 Å². The van der Waals surface area contributed by atoms with Crippen LogP contribution in [0.4, 0.5) is 5.69 Å². The van der Waals surface area contributed by atoms with E-state index in [0.717, 1.165) is 5.56 Å². The molecule has 1 atom stereocenters. The third-order valence-electron chi connectivity index (χ3n) is 4.93. The number of benzene rings is 1. The number of hydrogen-bond donors (Lipinski definition) is 1. The minimum atomic E-state index is -0.872. The zero-order valence-electron chi connectivity index (χ0n) is 16.4. The second-order valence-electron chi connectivity index (χ2n) is 7.32. The Morgan fingerprint density at radius 3 is 2.38 bits per heavy atom. The number of pyridine rings is 1. The number of aryl methyl sites for hydroxylation is 2. The molecule has 1 aromatic carbocycles. The highest BCUT2D eigenvalue weighted by atomic mass is 35.5. The van der Waals surface area contributed by atoms with Crippen molar-refractivity contribution in [1.29, 1.82) is 0 Å². The van der Waals surface area contributed by atoms with Crippen molar-refractivity contribution in [3.05, 3.63) is 73.3 Å². The lowest BCUT2D eigenvalue weighted by molar-refractivity contribution is -0.119. The standard InChI is InChI=1S/C21H20Cl2N2O4/c1-10(2)18(26)16-17(14-6-5-12(22)7-11(14)3)25(21(29)19(16)27)13-8-15(23)20(28)24(4)9-13/h5-10,17,27H,1-4H3. The molecule has 8 heteroatoms. The molecule has 0 saturated carbocycles. The van der Waals surface area contributed by atoms with Gasteiger partial charge in [-0.05, 0) is 36.2 Å². The molecule has 1 N–H and O–H groups in total. The number of anilines is 1. The smallest absolute Gasteiger partial charge is 0.294 e. The highest BCUT2D eigenvalue weighted by molar-refractivity contribution is 6.31. The molecule has 0 aliphatic carbocycles. The zero-order chi connectivity index (χ0) is 21.6. The normalized spacial score (nSPS) is 16.9. The van der Waals surface area contributed by atoms with E-state index in [1.54, 1.807) is 32.0 Å². The predicted molar refractivity (Wildman–Crippen MR) is 113 cm³/mol. The van der Waals surface area contributed by atoms with Gasteiger partial charge in [0.2, 0.25) is 0 Å². The Morgan fingerprint density at radius 1 is 1.17 bits per heavy atom. The van der Waals surface area contributed by atoms with E-state index < -0.39 is 29.2 Å². The summed E-state index contributed by atoms with van der Waals surface area (Å²) < 4.78 is 1.25. The molecule has 1 aliphatic rings. The molecule has 1 amide bonds. The Bertz CT molecular complexity index is 1090. The molecule has 0 fully saturated rings. The lowest BCUT2D eigenvalue weighted by atomic mass is 9.89. The fraction of sp³-hybridized carbons (Fsp3) is 0.286. The van der Waals surface area contributed by atoms with Gasteiger partial charge in [0.15, 0.2) is 11.5 Å². The first-order chi connectivity index (χ1) is 13.5. The largest absolute Gasteiger partial charge is 0.503 e. The van der Waals surface area contributed by atoms with Crippen LogP contribution in [0.1, 0.15) is 31.0 Å². The number of ketones is 1. The van der Waals surface area contributed by atoms with E-state index in [4.69, 9.17) is 23.2 Å². The predicted octanol–water partition coefficient (Wildman–Crippen LogP) is 4.13. The number of carbonyl (C=O) groups excluding carboxylic acids is 2. The number of halogens is 2. The number of nitrogens with zero attached hydrogens (tertiary/aromatic N) is 2. The topological polar surface area (TPSA) is 79.6 Å². The Hall–Kier alpha value is -2.57. The van der Waals surface area contributed by atoms with Crippen LogP contribution < -0.4 is 10.5 Å². The van der Waals surface area contributed by atoms with Gasteiger partial charge in [0.25, 0.3) is 11.5 Å². The van der Waals surface area contributed by atoms with E-state index >= 15 is 0 Å². The van der Waals surface area contributed by atoms with Crippen LogP contribution in [0.25, 0.3) is 0 Å². The SMILES string of the molecule is Cc1cc(Cl)ccc1C1C(C(=O)C(C)C)=C(O)C(=O)N1c1cc(Cl)c(=O)n(C)c1. The van der Waals surface area contributed by atoms with Crippen LogP contribution in [0.15, 0.2) is 46.6 Å². The van der Waals surface area contributed by atoms with Gasteiger partial charge >= 0.3 is 0 Å². The summed E-state index contributed by atoms with van der Waals surface area (Å²) in [6.45, 7) is 5.21. The third-order valence-corrected chi connectivity index (χ3v) is 5.43. The molecule has 3 rings (SSSR count). The van der Waals surface area contributed by atoms with E-state index in [1.165, 1.54) is 28.8 Å². The van der Waals surface area contributed by atoms with E-state index in [9.17, 15) is 19.5 Å². The van der Waals surface area contributed by atoms with Crippen LogP contribution in [-0.2, 0) is 16.6 Å². The minimum Gasteiger partial charge on any atom is -0.503 e. The van der Waals surface area contributed by atoms with Crippen molar-refractivity contribution >= 4 is 40.6 Å². The van der Waals surface area contributed by atoms with E-state index in [0.29, 0.717) is 16.3 Å². The minimum absolute atomic E-state index is 0.0143. The number of hydrogen-bond acceptors (Lipinski definition) is 4. The van der Waals surface area contributed by atoms with Crippen molar-refractivity contribution in [2.45, 2.75) is 26.8 Å². The highest BCUT2D eigenvalue weighted by Crippen LogP contribution is 2.43. The summed E-state index contributed by atoms with van der Waals surface area (Å²) >= 11 is 12.1. The van der Waals surface area contributed by atoms with Crippen LogP contribution in [-0.4, -0.2) is 21.4 Å². The molecule has 0 saturated heterocycles. The summed E-state index contributed by atoms with van der Waals surface area (Å²) in [5.74, 6) is -2.11. The number of aromatic nitrogens is 1. The van der Waals surface area contributed by atoms with Gasteiger partial charge in [-0.1, -0.05) is 43.1 Å². The molecule has 0 spiro atoms. The molecular weight excluding hydrogens is 415 g/mol. The van der Waals surface area contributed by atoms with Gasteiger partial charge in [0, 0.05) is 24.2 Å². The Balaban J connectivity index is 2.29. The van der Waals surface area contributed by atoms with Crippen molar-refractivity contribution in [2.75, 3.05) is 4.90 Å². The van der Waals surface area contributed by atoms with Crippen molar-refractivity contribution < 1.29 is 14.7 Å². The molecular formula is C21H20Cl2N2O4. The fourth-order valence-corrected chi connectivity index (χ4v) is 3.93. The van der Waals surface area contributed by atoms with Gasteiger partial charge in [0.05, 0.1) is 17.3 Å².